The monoisotopic (exact) mass is 522 g/mol. The van der Waals surface area contributed by atoms with Gasteiger partial charge in [0.05, 0.1) is 11.3 Å². The lowest BCUT2D eigenvalue weighted by atomic mass is 10.3. The molecule has 12 heteroatoms. The zero-order valence-electron chi connectivity index (χ0n) is 18.6. The Morgan fingerprint density at radius 1 is 1.00 bits per heavy atom. The van der Waals surface area contributed by atoms with E-state index in [1.165, 1.54) is 23.9 Å². The van der Waals surface area contributed by atoms with Gasteiger partial charge in [0.25, 0.3) is 0 Å². The highest BCUT2D eigenvalue weighted by molar-refractivity contribution is 7.99. The second-order valence-electron chi connectivity index (χ2n) is 7.94. The van der Waals surface area contributed by atoms with Crippen molar-refractivity contribution in [2.75, 3.05) is 54.4 Å². The summed E-state index contributed by atoms with van der Waals surface area (Å²) >= 11 is 7.29. The van der Waals surface area contributed by atoms with Crippen LogP contribution in [0.15, 0.2) is 58.6 Å². The summed E-state index contributed by atoms with van der Waals surface area (Å²) in [6, 6.07) is 13.3. The fourth-order valence-corrected chi connectivity index (χ4v) is 4.86. The van der Waals surface area contributed by atoms with Crippen LogP contribution in [-0.2, 0) is 10.0 Å². The molecule has 180 valence electrons. The van der Waals surface area contributed by atoms with E-state index in [4.69, 9.17) is 16.6 Å². The van der Waals surface area contributed by atoms with E-state index in [0.717, 1.165) is 43.1 Å². The quantitative estimate of drug-likeness (QED) is 0.444. The first-order valence-corrected chi connectivity index (χ1v) is 13.5. The molecule has 0 unspecified atom stereocenters. The lowest BCUT2D eigenvalue weighted by Gasteiger charge is -2.33. The van der Waals surface area contributed by atoms with Crippen molar-refractivity contribution < 1.29 is 12.8 Å². The molecular formula is C22H24ClFN6O2S2. The van der Waals surface area contributed by atoms with Gasteiger partial charge in [-0.25, -0.2) is 22.8 Å². The minimum absolute atomic E-state index is 0.0238. The molecule has 0 bridgehead atoms. The van der Waals surface area contributed by atoms with Gasteiger partial charge in [-0.1, -0.05) is 11.6 Å². The Hall–Kier alpha value is -2.60. The fourth-order valence-electron chi connectivity index (χ4n) is 3.35. The van der Waals surface area contributed by atoms with E-state index < -0.39 is 15.8 Å². The predicted octanol–water partition coefficient (Wildman–Crippen LogP) is 4.29. The number of anilines is 4. The van der Waals surface area contributed by atoms with Crippen molar-refractivity contribution in [3.63, 3.8) is 0 Å². The molecule has 0 atom stereocenters. The predicted molar refractivity (Wildman–Crippen MR) is 135 cm³/mol. The number of nitrogens with zero attached hydrogens (tertiary/aromatic N) is 4. The fraction of sp³-hybridized carbons (Fsp3) is 0.273. The molecule has 2 heterocycles. The molecule has 0 radical (unpaired) electrons. The largest absolute Gasteiger partial charge is 0.354 e. The highest BCUT2D eigenvalue weighted by Gasteiger charge is 2.18. The summed E-state index contributed by atoms with van der Waals surface area (Å²) in [5.41, 5.74) is 1.09. The minimum Gasteiger partial charge on any atom is -0.354 e. The van der Waals surface area contributed by atoms with Gasteiger partial charge < -0.3 is 15.1 Å². The van der Waals surface area contributed by atoms with Gasteiger partial charge in [-0.15, -0.1) is 0 Å². The van der Waals surface area contributed by atoms with Gasteiger partial charge >= 0.3 is 0 Å². The summed E-state index contributed by atoms with van der Waals surface area (Å²) < 4.78 is 38.9. The summed E-state index contributed by atoms with van der Waals surface area (Å²) in [6.07, 6.45) is 1.11. The third-order valence-electron chi connectivity index (χ3n) is 5.08. The molecule has 2 N–H and O–H groups in total. The second kappa shape index (κ2) is 10.3. The van der Waals surface area contributed by atoms with Crippen LogP contribution < -0.4 is 14.9 Å². The van der Waals surface area contributed by atoms with Crippen LogP contribution in [0.1, 0.15) is 0 Å². The first-order valence-electron chi connectivity index (χ1n) is 10.4. The molecular weight excluding hydrogens is 499 g/mol. The van der Waals surface area contributed by atoms with Gasteiger partial charge in [-0.2, -0.15) is 0 Å². The molecule has 0 spiro atoms. The zero-order valence-corrected chi connectivity index (χ0v) is 21.0. The van der Waals surface area contributed by atoms with Crippen LogP contribution in [0.4, 0.5) is 27.4 Å². The zero-order chi connectivity index (χ0) is 24.3. The van der Waals surface area contributed by atoms with Crippen LogP contribution in [-0.4, -0.2) is 62.8 Å². The van der Waals surface area contributed by atoms with Gasteiger partial charge in [0.15, 0.2) is 5.16 Å². The number of nitrogens with one attached hydrogen (secondary N) is 2. The number of aromatic nitrogens is 2. The summed E-state index contributed by atoms with van der Waals surface area (Å²) in [5.74, 6) is 0.860. The normalized spacial score (nSPS) is 14.8. The molecule has 0 saturated carbocycles. The van der Waals surface area contributed by atoms with Gasteiger partial charge in [-0.3, -0.25) is 4.72 Å². The first kappa shape index (κ1) is 24.5. The van der Waals surface area contributed by atoms with E-state index in [9.17, 15) is 12.8 Å². The second-order valence-corrected chi connectivity index (χ2v) is 11.1. The molecule has 1 aliphatic heterocycles. The van der Waals surface area contributed by atoms with Gasteiger partial charge in [0.2, 0.25) is 10.0 Å². The van der Waals surface area contributed by atoms with Crippen LogP contribution >= 0.6 is 23.4 Å². The molecule has 1 aromatic heterocycles. The standard InChI is InChI=1S/C22H24ClFN6O2S2/c1-29-9-11-30(12-10-29)21-14-20(25-16-5-8-19(24)18(23)13-16)26-22(27-21)33-17-6-3-15(4-7-17)28-34(2,31)32/h3-8,13-14,28H,9-12H2,1-2H3,(H,25,26,27). The Morgan fingerprint density at radius 3 is 2.32 bits per heavy atom. The average molecular weight is 523 g/mol. The average Bonchev–Trinajstić information content (AvgIpc) is 2.77. The summed E-state index contributed by atoms with van der Waals surface area (Å²) in [6.45, 7) is 3.53. The Balaban J connectivity index is 1.60. The molecule has 4 rings (SSSR count). The van der Waals surface area contributed by atoms with E-state index in [1.54, 1.807) is 30.3 Å². The van der Waals surface area contributed by atoms with Gasteiger partial charge in [0, 0.05) is 48.5 Å². The maximum Gasteiger partial charge on any atom is 0.229 e. The van der Waals surface area contributed by atoms with Crippen molar-refractivity contribution in [2.45, 2.75) is 10.1 Å². The van der Waals surface area contributed by atoms with Gasteiger partial charge in [0.1, 0.15) is 17.5 Å². The smallest absolute Gasteiger partial charge is 0.229 e. The molecule has 34 heavy (non-hydrogen) atoms. The van der Waals surface area contributed by atoms with Crippen molar-refractivity contribution in [2.24, 2.45) is 0 Å². The molecule has 1 saturated heterocycles. The van der Waals surface area contributed by atoms with E-state index in [-0.39, 0.29) is 5.02 Å². The minimum atomic E-state index is -3.34. The maximum atomic E-state index is 13.6. The Labute approximate surface area is 207 Å². The van der Waals surface area contributed by atoms with Gasteiger partial charge in [-0.05, 0) is 61.3 Å². The van der Waals surface area contributed by atoms with E-state index in [2.05, 4.69) is 31.9 Å². The number of hydrogen-bond acceptors (Lipinski definition) is 8. The van der Waals surface area contributed by atoms with Crippen molar-refractivity contribution >= 4 is 56.4 Å². The Kier molecular flexibility index (Phi) is 7.46. The molecule has 0 aliphatic carbocycles. The third kappa shape index (κ3) is 6.72. The Morgan fingerprint density at radius 2 is 1.68 bits per heavy atom. The molecule has 1 aliphatic rings. The number of benzene rings is 2. The number of halogens is 2. The van der Waals surface area contributed by atoms with E-state index in [1.807, 2.05) is 6.07 Å². The molecule has 3 aromatic rings. The number of rotatable bonds is 7. The summed E-state index contributed by atoms with van der Waals surface area (Å²) in [7, 11) is -1.25. The number of likely N-dealkylation sites (N-methyl/N-ethyl adjacent to an activating group) is 1. The highest BCUT2D eigenvalue weighted by Crippen LogP contribution is 2.31. The van der Waals surface area contributed by atoms with Crippen molar-refractivity contribution in [1.82, 2.24) is 14.9 Å². The van der Waals surface area contributed by atoms with E-state index in [0.29, 0.717) is 22.3 Å². The molecule has 1 fully saturated rings. The lowest BCUT2D eigenvalue weighted by Crippen LogP contribution is -2.44. The summed E-state index contributed by atoms with van der Waals surface area (Å²) in [4.78, 5) is 14.7. The van der Waals surface area contributed by atoms with Crippen molar-refractivity contribution in [3.8, 4) is 0 Å². The molecule has 2 aromatic carbocycles. The van der Waals surface area contributed by atoms with Crippen LogP contribution in [0.2, 0.25) is 5.02 Å². The summed E-state index contributed by atoms with van der Waals surface area (Å²) in [5, 5.41) is 3.74. The van der Waals surface area contributed by atoms with Crippen LogP contribution in [0, 0.1) is 5.82 Å². The molecule has 0 amide bonds. The SMILES string of the molecule is CN1CCN(c2cc(Nc3ccc(F)c(Cl)c3)nc(Sc3ccc(NS(C)(=O)=O)cc3)n2)CC1. The lowest BCUT2D eigenvalue weighted by molar-refractivity contribution is 0.312. The Bertz CT molecular complexity index is 1270. The highest BCUT2D eigenvalue weighted by atomic mass is 35.5. The topological polar surface area (TPSA) is 90.5 Å². The molecule has 8 nitrogen and oxygen atoms in total. The van der Waals surface area contributed by atoms with Crippen molar-refractivity contribution in [1.29, 1.82) is 0 Å². The third-order valence-corrected chi connectivity index (χ3v) is 6.85. The van der Waals surface area contributed by atoms with Crippen molar-refractivity contribution in [3.05, 3.63) is 59.4 Å². The maximum absolute atomic E-state index is 13.6. The number of sulfonamides is 1. The van der Waals surface area contributed by atoms with Crippen LogP contribution in [0.5, 0.6) is 0 Å². The number of hydrogen-bond donors (Lipinski definition) is 2. The van der Waals surface area contributed by atoms with Crippen LogP contribution in [0.25, 0.3) is 0 Å². The van der Waals surface area contributed by atoms with E-state index >= 15 is 0 Å². The van der Waals surface area contributed by atoms with Crippen LogP contribution in [0.3, 0.4) is 0 Å². The first-order chi connectivity index (χ1) is 16.1. The number of piperazine rings is 1.